The fraction of sp³-hybridized carbons (Fsp3) is 0.235. The highest BCUT2D eigenvalue weighted by atomic mass is 14.9. The van der Waals surface area contributed by atoms with Gasteiger partial charge in [0.25, 0.3) is 0 Å². The Morgan fingerprint density at radius 3 is 1.95 bits per heavy atom. The lowest BCUT2D eigenvalue weighted by atomic mass is 10.1. The van der Waals surface area contributed by atoms with Gasteiger partial charge < -0.3 is 5.32 Å². The van der Waals surface area contributed by atoms with Gasteiger partial charge in [0, 0.05) is 17.3 Å². The highest BCUT2D eigenvalue weighted by Crippen LogP contribution is 2.30. The van der Waals surface area contributed by atoms with Gasteiger partial charge in [-0.25, -0.2) is 4.98 Å². The molecule has 0 aliphatic heterocycles. The molecule has 2 aromatic carbocycles. The van der Waals surface area contributed by atoms with Crippen LogP contribution in [-0.2, 0) is 0 Å². The summed E-state index contributed by atoms with van der Waals surface area (Å²) >= 11 is 0. The summed E-state index contributed by atoms with van der Waals surface area (Å²) < 4.78 is 0. The number of para-hydroxylation sites is 2. The number of rotatable bonds is 3. The van der Waals surface area contributed by atoms with E-state index in [1.165, 1.54) is 16.5 Å². The van der Waals surface area contributed by atoms with Crippen molar-refractivity contribution in [3.05, 3.63) is 48.5 Å². The summed E-state index contributed by atoms with van der Waals surface area (Å²) in [6, 6.07) is 16.6. The van der Waals surface area contributed by atoms with Crippen LogP contribution in [0, 0.1) is 5.92 Å². The number of hydrogen-bond acceptors (Lipinski definition) is 2. The molecule has 1 aromatic heterocycles. The van der Waals surface area contributed by atoms with E-state index < -0.39 is 0 Å². The number of nitrogens with zero attached hydrogens (tertiary/aromatic N) is 1. The van der Waals surface area contributed by atoms with Crippen molar-refractivity contribution in [2.24, 2.45) is 5.92 Å². The zero-order valence-corrected chi connectivity index (χ0v) is 11.4. The molecule has 0 amide bonds. The normalized spacial score (nSPS) is 11.3. The first kappa shape index (κ1) is 12.0. The van der Waals surface area contributed by atoms with Crippen molar-refractivity contribution in [1.29, 1.82) is 0 Å². The average Bonchev–Trinajstić information content (AvgIpc) is 2.43. The maximum atomic E-state index is 4.73. The molecule has 3 rings (SSSR count). The second-order valence-corrected chi connectivity index (χ2v) is 5.30. The van der Waals surface area contributed by atoms with Gasteiger partial charge in [-0.2, -0.15) is 0 Å². The van der Waals surface area contributed by atoms with Crippen LogP contribution in [0.1, 0.15) is 13.8 Å². The molecule has 0 saturated carbocycles. The molecule has 0 bridgehead atoms. The second kappa shape index (κ2) is 4.88. The molecule has 0 saturated heterocycles. The van der Waals surface area contributed by atoms with Gasteiger partial charge in [-0.15, -0.1) is 0 Å². The number of pyridine rings is 1. The molecule has 0 aliphatic carbocycles. The highest BCUT2D eigenvalue weighted by molar-refractivity contribution is 6.07. The smallest absolute Gasteiger partial charge is 0.0730 e. The van der Waals surface area contributed by atoms with Crippen LogP contribution in [-0.4, -0.2) is 11.5 Å². The van der Waals surface area contributed by atoms with Crippen LogP contribution < -0.4 is 5.32 Å². The van der Waals surface area contributed by atoms with Crippen molar-refractivity contribution in [1.82, 2.24) is 4.98 Å². The molecule has 0 atom stereocenters. The first-order valence-electron chi connectivity index (χ1n) is 6.77. The standard InChI is InChI=1S/C17H18N2/c1-12(2)11-18-17-13-7-3-5-9-15(13)19-16-10-6-4-8-14(16)17/h3-10,12H,11H2,1-2H3,(H,18,19). The molecular formula is C17H18N2. The van der Waals surface area contributed by atoms with Gasteiger partial charge in [-0.05, 0) is 18.1 Å². The lowest BCUT2D eigenvalue weighted by Gasteiger charge is -2.14. The molecular weight excluding hydrogens is 232 g/mol. The highest BCUT2D eigenvalue weighted by Gasteiger charge is 2.08. The number of benzene rings is 2. The Kier molecular flexibility index (Phi) is 3.08. The molecule has 2 heteroatoms. The quantitative estimate of drug-likeness (QED) is 0.694. The molecule has 0 spiro atoms. The van der Waals surface area contributed by atoms with Crippen molar-refractivity contribution in [2.45, 2.75) is 13.8 Å². The largest absolute Gasteiger partial charge is 0.384 e. The first-order chi connectivity index (χ1) is 9.25. The molecule has 0 radical (unpaired) electrons. The average molecular weight is 250 g/mol. The summed E-state index contributed by atoms with van der Waals surface area (Å²) in [6.07, 6.45) is 0. The monoisotopic (exact) mass is 250 g/mol. The van der Waals surface area contributed by atoms with Crippen molar-refractivity contribution < 1.29 is 0 Å². The van der Waals surface area contributed by atoms with Crippen molar-refractivity contribution in [3.8, 4) is 0 Å². The number of aromatic nitrogens is 1. The van der Waals surface area contributed by atoms with Crippen LogP contribution >= 0.6 is 0 Å². The Balaban J connectivity index is 2.26. The number of fused-ring (bicyclic) bond motifs is 2. The summed E-state index contributed by atoms with van der Waals surface area (Å²) in [5.41, 5.74) is 3.30. The summed E-state index contributed by atoms with van der Waals surface area (Å²) in [5.74, 6) is 0.616. The minimum atomic E-state index is 0.616. The van der Waals surface area contributed by atoms with Crippen molar-refractivity contribution in [2.75, 3.05) is 11.9 Å². The van der Waals surface area contributed by atoms with Gasteiger partial charge in [0.1, 0.15) is 0 Å². The van der Waals surface area contributed by atoms with Crippen LogP contribution in [0.4, 0.5) is 5.69 Å². The van der Waals surface area contributed by atoms with Crippen LogP contribution in [0.25, 0.3) is 21.8 Å². The van der Waals surface area contributed by atoms with Crippen LogP contribution in [0.15, 0.2) is 48.5 Å². The van der Waals surface area contributed by atoms with E-state index in [2.05, 4.69) is 55.6 Å². The molecule has 1 heterocycles. The van der Waals surface area contributed by atoms with Crippen molar-refractivity contribution >= 4 is 27.5 Å². The van der Waals surface area contributed by atoms with Gasteiger partial charge in [0.05, 0.1) is 16.7 Å². The van der Waals surface area contributed by atoms with Crippen LogP contribution in [0.3, 0.4) is 0 Å². The minimum absolute atomic E-state index is 0.616. The minimum Gasteiger partial charge on any atom is -0.384 e. The summed E-state index contributed by atoms with van der Waals surface area (Å²) in [6.45, 7) is 5.41. The van der Waals surface area contributed by atoms with E-state index in [1.54, 1.807) is 0 Å². The third-order valence-electron chi connectivity index (χ3n) is 3.27. The van der Waals surface area contributed by atoms with E-state index in [1.807, 2.05) is 12.1 Å². The van der Waals surface area contributed by atoms with Gasteiger partial charge in [-0.3, -0.25) is 0 Å². The molecule has 96 valence electrons. The molecule has 0 aliphatic rings. The summed E-state index contributed by atoms with van der Waals surface area (Å²) in [4.78, 5) is 4.73. The molecule has 2 nitrogen and oxygen atoms in total. The Labute approximate surface area is 113 Å². The fourth-order valence-electron chi connectivity index (χ4n) is 2.34. The number of anilines is 1. The molecule has 1 N–H and O–H groups in total. The molecule has 0 fully saturated rings. The van der Waals surface area contributed by atoms with Crippen LogP contribution in [0.2, 0.25) is 0 Å². The molecule has 19 heavy (non-hydrogen) atoms. The molecule has 3 aromatic rings. The zero-order chi connectivity index (χ0) is 13.2. The predicted octanol–water partition coefficient (Wildman–Crippen LogP) is 4.46. The van der Waals surface area contributed by atoms with Gasteiger partial charge in [-0.1, -0.05) is 50.2 Å². The SMILES string of the molecule is CC(C)CNc1c2ccccc2nc2ccccc12. The molecule has 0 unspecified atom stereocenters. The topological polar surface area (TPSA) is 24.9 Å². The van der Waals surface area contributed by atoms with E-state index in [-0.39, 0.29) is 0 Å². The van der Waals surface area contributed by atoms with Crippen LogP contribution in [0.5, 0.6) is 0 Å². The van der Waals surface area contributed by atoms with Crippen molar-refractivity contribution in [3.63, 3.8) is 0 Å². The Bertz CT molecular complexity index is 663. The zero-order valence-electron chi connectivity index (χ0n) is 11.4. The third kappa shape index (κ3) is 2.26. The Morgan fingerprint density at radius 2 is 1.42 bits per heavy atom. The van der Waals surface area contributed by atoms with Gasteiger partial charge >= 0.3 is 0 Å². The van der Waals surface area contributed by atoms with E-state index >= 15 is 0 Å². The van der Waals surface area contributed by atoms with E-state index in [9.17, 15) is 0 Å². The Hall–Kier alpha value is -2.09. The second-order valence-electron chi connectivity index (χ2n) is 5.30. The van der Waals surface area contributed by atoms with Gasteiger partial charge in [0.2, 0.25) is 0 Å². The predicted molar refractivity (Wildman–Crippen MR) is 82.6 cm³/mol. The lowest BCUT2D eigenvalue weighted by molar-refractivity contribution is 0.690. The Morgan fingerprint density at radius 1 is 0.895 bits per heavy atom. The first-order valence-corrected chi connectivity index (χ1v) is 6.77. The maximum absolute atomic E-state index is 4.73. The number of nitrogens with one attached hydrogen (secondary N) is 1. The third-order valence-corrected chi connectivity index (χ3v) is 3.27. The van der Waals surface area contributed by atoms with Gasteiger partial charge in [0.15, 0.2) is 0 Å². The summed E-state index contributed by atoms with van der Waals surface area (Å²) in [5, 5.41) is 5.98. The summed E-state index contributed by atoms with van der Waals surface area (Å²) in [7, 11) is 0. The van der Waals surface area contributed by atoms with E-state index in [4.69, 9.17) is 4.98 Å². The maximum Gasteiger partial charge on any atom is 0.0730 e. The number of hydrogen-bond donors (Lipinski definition) is 1. The fourth-order valence-corrected chi connectivity index (χ4v) is 2.34. The van der Waals surface area contributed by atoms with E-state index in [0.29, 0.717) is 5.92 Å². The van der Waals surface area contributed by atoms with E-state index in [0.717, 1.165) is 17.6 Å². The lowest BCUT2D eigenvalue weighted by Crippen LogP contribution is -2.09.